The highest BCUT2D eigenvalue weighted by atomic mass is 35.5. The number of anilines is 1. The van der Waals surface area contributed by atoms with E-state index < -0.39 is 29.9 Å². The van der Waals surface area contributed by atoms with Crippen molar-refractivity contribution in [2.75, 3.05) is 5.32 Å². The number of halogens is 3. The van der Waals surface area contributed by atoms with Crippen molar-refractivity contribution in [1.82, 2.24) is 0 Å². The summed E-state index contributed by atoms with van der Waals surface area (Å²) in [6, 6.07) is 10.00. The van der Waals surface area contributed by atoms with Crippen molar-refractivity contribution in [3.8, 4) is 5.75 Å². The number of rotatable bonds is 6. The second-order valence-corrected chi connectivity index (χ2v) is 6.25. The van der Waals surface area contributed by atoms with Gasteiger partial charge in [0.25, 0.3) is 5.91 Å². The summed E-state index contributed by atoms with van der Waals surface area (Å²) >= 11 is 11.6. The smallest absolute Gasteiger partial charge is 0.347 e. The van der Waals surface area contributed by atoms with Crippen molar-refractivity contribution in [3.05, 3.63) is 58.3 Å². The molecule has 2 atom stereocenters. The molecule has 0 heterocycles. The van der Waals surface area contributed by atoms with E-state index in [0.717, 1.165) is 12.1 Å². The Morgan fingerprint density at radius 3 is 2.31 bits per heavy atom. The maximum Gasteiger partial charge on any atom is 0.347 e. The molecule has 2 rings (SSSR count). The van der Waals surface area contributed by atoms with Crippen molar-refractivity contribution in [2.45, 2.75) is 26.1 Å². The van der Waals surface area contributed by atoms with E-state index in [4.69, 9.17) is 32.7 Å². The summed E-state index contributed by atoms with van der Waals surface area (Å²) in [6.07, 6.45) is -2.03. The standard InChI is InChI=1S/C18H16Cl2FNO4/c1-10(17(23)22-16-8-5-13(21)9-15(16)20)26-18(24)11(2)25-14-6-3-12(19)4-7-14/h3-11H,1-2H3,(H,22,23)/t10-,11-/m0/s1. The number of hydrogen-bond acceptors (Lipinski definition) is 4. The Bertz CT molecular complexity index is 798. The van der Waals surface area contributed by atoms with Crippen LogP contribution in [0.2, 0.25) is 10.0 Å². The first-order valence-corrected chi connectivity index (χ1v) is 8.40. The molecule has 0 aliphatic rings. The second-order valence-electron chi connectivity index (χ2n) is 5.41. The average molecular weight is 400 g/mol. The summed E-state index contributed by atoms with van der Waals surface area (Å²) in [5, 5.41) is 3.04. The molecular formula is C18H16Cl2FNO4. The maximum absolute atomic E-state index is 13.0. The van der Waals surface area contributed by atoms with Gasteiger partial charge < -0.3 is 14.8 Å². The summed E-state index contributed by atoms with van der Waals surface area (Å²) in [6.45, 7) is 2.90. The van der Waals surface area contributed by atoms with Crippen molar-refractivity contribution in [2.24, 2.45) is 0 Å². The van der Waals surface area contributed by atoms with Gasteiger partial charge in [0.2, 0.25) is 0 Å². The number of ether oxygens (including phenoxy) is 2. The fourth-order valence-corrected chi connectivity index (χ4v) is 2.25. The van der Waals surface area contributed by atoms with E-state index in [0.29, 0.717) is 10.8 Å². The van der Waals surface area contributed by atoms with E-state index in [1.54, 1.807) is 24.3 Å². The zero-order valence-electron chi connectivity index (χ0n) is 14.0. The van der Waals surface area contributed by atoms with Crippen molar-refractivity contribution in [1.29, 1.82) is 0 Å². The van der Waals surface area contributed by atoms with Gasteiger partial charge in [-0.25, -0.2) is 9.18 Å². The molecule has 0 aromatic heterocycles. The van der Waals surface area contributed by atoms with Gasteiger partial charge >= 0.3 is 5.97 Å². The first kappa shape index (κ1) is 20.0. The number of benzene rings is 2. The topological polar surface area (TPSA) is 64.6 Å². The molecule has 2 aromatic carbocycles. The van der Waals surface area contributed by atoms with Gasteiger partial charge in [-0.1, -0.05) is 23.2 Å². The summed E-state index contributed by atoms with van der Waals surface area (Å²) in [5.74, 6) is -1.41. The Morgan fingerprint density at radius 2 is 1.69 bits per heavy atom. The highest BCUT2D eigenvalue weighted by Gasteiger charge is 2.23. The molecule has 0 spiro atoms. The zero-order chi connectivity index (χ0) is 19.3. The lowest BCUT2D eigenvalue weighted by Crippen LogP contribution is -2.35. The van der Waals surface area contributed by atoms with Crippen LogP contribution in [0.3, 0.4) is 0 Å². The van der Waals surface area contributed by atoms with E-state index in [-0.39, 0.29) is 10.7 Å². The lowest BCUT2D eigenvalue weighted by Gasteiger charge is -2.18. The predicted molar refractivity (Wildman–Crippen MR) is 97.1 cm³/mol. The Kier molecular flexibility index (Phi) is 6.83. The van der Waals surface area contributed by atoms with Gasteiger partial charge in [0, 0.05) is 5.02 Å². The molecule has 5 nitrogen and oxygen atoms in total. The van der Waals surface area contributed by atoms with Crippen molar-refractivity contribution in [3.63, 3.8) is 0 Å². The Labute approximate surface area is 160 Å². The van der Waals surface area contributed by atoms with Crippen LogP contribution in [0, 0.1) is 5.82 Å². The number of esters is 1. The molecule has 0 unspecified atom stereocenters. The third-order valence-electron chi connectivity index (χ3n) is 3.31. The quantitative estimate of drug-likeness (QED) is 0.727. The SMILES string of the molecule is C[C@H](OC(=O)[C@H](C)Oc1ccc(Cl)cc1)C(=O)Nc1ccc(F)cc1Cl. The van der Waals surface area contributed by atoms with Gasteiger partial charge in [-0.05, 0) is 56.3 Å². The number of nitrogens with one attached hydrogen (secondary N) is 1. The Hall–Kier alpha value is -2.31. The maximum atomic E-state index is 13.0. The fourth-order valence-electron chi connectivity index (χ4n) is 1.91. The monoisotopic (exact) mass is 399 g/mol. The van der Waals surface area contributed by atoms with Crippen LogP contribution in [-0.4, -0.2) is 24.1 Å². The van der Waals surface area contributed by atoms with E-state index >= 15 is 0 Å². The molecule has 0 saturated heterocycles. The first-order valence-electron chi connectivity index (χ1n) is 7.65. The summed E-state index contributed by atoms with van der Waals surface area (Å²) in [4.78, 5) is 24.2. The van der Waals surface area contributed by atoms with Gasteiger partial charge in [0.1, 0.15) is 11.6 Å². The van der Waals surface area contributed by atoms with E-state index in [1.807, 2.05) is 0 Å². The lowest BCUT2D eigenvalue weighted by atomic mass is 10.3. The highest BCUT2D eigenvalue weighted by Crippen LogP contribution is 2.23. The first-order chi connectivity index (χ1) is 12.3. The van der Waals surface area contributed by atoms with E-state index in [1.165, 1.54) is 19.9 Å². The molecule has 26 heavy (non-hydrogen) atoms. The summed E-state index contributed by atoms with van der Waals surface area (Å²) in [7, 11) is 0. The molecule has 0 aliphatic heterocycles. The third-order valence-corrected chi connectivity index (χ3v) is 3.87. The molecule has 138 valence electrons. The summed E-state index contributed by atoms with van der Waals surface area (Å²) in [5.41, 5.74) is 0.214. The zero-order valence-corrected chi connectivity index (χ0v) is 15.5. The predicted octanol–water partition coefficient (Wildman–Crippen LogP) is 4.47. The minimum atomic E-state index is -1.10. The molecule has 1 N–H and O–H groups in total. The lowest BCUT2D eigenvalue weighted by molar-refractivity contribution is -0.159. The average Bonchev–Trinajstić information content (AvgIpc) is 2.59. The highest BCUT2D eigenvalue weighted by molar-refractivity contribution is 6.33. The van der Waals surface area contributed by atoms with E-state index in [2.05, 4.69) is 5.32 Å². The van der Waals surface area contributed by atoms with Crippen molar-refractivity contribution >= 4 is 40.8 Å². The normalized spacial score (nSPS) is 12.8. The molecule has 8 heteroatoms. The van der Waals surface area contributed by atoms with Crippen LogP contribution in [0.5, 0.6) is 5.75 Å². The molecule has 0 aliphatic carbocycles. The van der Waals surface area contributed by atoms with Crippen molar-refractivity contribution < 1.29 is 23.5 Å². The molecule has 0 radical (unpaired) electrons. The summed E-state index contributed by atoms with van der Waals surface area (Å²) < 4.78 is 23.5. The Morgan fingerprint density at radius 1 is 1.04 bits per heavy atom. The fraction of sp³-hybridized carbons (Fsp3) is 0.222. The number of amides is 1. The van der Waals surface area contributed by atoms with Gasteiger partial charge in [-0.2, -0.15) is 0 Å². The minimum Gasteiger partial charge on any atom is -0.479 e. The number of carbonyl (C=O) groups excluding carboxylic acids is 2. The van der Waals surface area contributed by atoms with Gasteiger partial charge in [0.05, 0.1) is 10.7 Å². The van der Waals surface area contributed by atoms with Crippen LogP contribution in [0.15, 0.2) is 42.5 Å². The van der Waals surface area contributed by atoms with Crippen LogP contribution >= 0.6 is 23.2 Å². The number of hydrogen-bond donors (Lipinski definition) is 1. The molecule has 0 saturated carbocycles. The molecule has 0 bridgehead atoms. The minimum absolute atomic E-state index is 0.0383. The largest absolute Gasteiger partial charge is 0.479 e. The van der Waals surface area contributed by atoms with Gasteiger partial charge in [0.15, 0.2) is 12.2 Å². The van der Waals surface area contributed by atoms with Crippen LogP contribution in [0.4, 0.5) is 10.1 Å². The number of carbonyl (C=O) groups is 2. The molecule has 2 aromatic rings. The second kappa shape index (κ2) is 8.87. The van der Waals surface area contributed by atoms with Crippen LogP contribution < -0.4 is 10.1 Å². The van der Waals surface area contributed by atoms with E-state index in [9.17, 15) is 14.0 Å². The Balaban J connectivity index is 1.90. The third kappa shape index (κ3) is 5.61. The van der Waals surface area contributed by atoms with Crippen LogP contribution in [0.25, 0.3) is 0 Å². The van der Waals surface area contributed by atoms with Crippen LogP contribution in [-0.2, 0) is 14.3 Å². The van der Waals surface area contributed by atoms with Gasteiger partial charge in [-0.3, -0.25) is 4.79 Å². The van der Waals surface area contributed by atoms with Gasteiger partial charge in [-0.15, -0.1) is 0 Å². The van der Waals surface area contributed by atoms with Crippen LogP contribution in [0.1, 0.15) is 13.8 Å². The molecule has 0 fully saturated rings. The molecular weight excluding hydrogens is 384 g/mol. The molecule has 1 amide bonds.